The lowest BCUT2D eigenvalue weighted by molar-refractivity contribution is -0.266. The van der Waals surface area contributed by atoms with Crippen LogP contribution in [-0.4, -0.2) is 119 Å². The molecule has 10 aliphatic rings. The minimum absolute atomic E-state index is 0.0136. The number of rotatable bonds is 12. The van der Waals surface area contributed by atoms with Crippen molar-refractivity contribution in [3.8, 4) is 0 Å². The smallest absolute Gasteiger partial charge is 0.182 e. The molecular formula is C57H89N3O10. The first-order chi connectivity index (χ1) is 33.5. The summed E-state index contributed by atoms with van der Waals surface area (Å²) in [6, 6.07) is 0. The predicted octanol–water partition coefficient (Wildman–Crippen LogP) is 5.32. The molecule has 2 aliphatic heterocycles. The van der Waals surface area contributed by atoms with Crippen LogP contribution >= 0.6 is 0 Å². The van der Waals surface area contributed by atoms with Crippen molar-refractivity contribution in [3.05, 3.63) is 46.8 Å². The lowest BCUT2D eigenvalue weighted by Gasteiger charge is -2.67. The van der Waals surface area contributed by atoms with Gasteiger partial charge in [-0.2, -0.15) is 0 Å². The second kappa shape index (κ2) is 19.5. The number of dihydropyridines is 1. The molecule has 0 aromatic heterocycles. The normalized spacial score (nSPS) is 47.4. The van der Waals surface area contributed by atoms with Crippen molar-refractivity contribution in [2.45, 2.75) is 222 Å². The van der Waals surface area contributed by atoms with Crippen LogP contribution in [0.3, 0.4) is 0 Å². The van der Waals surface area contributed by atoms with Crippen molar-refractivity contribution in [2.75, 3.05) is 13.2 Å². The molecule has 20 atom stereocenters. The molecule has 392 valence electrons. The fraction of sp³-hybridized carbons (Fsp3) is 0.842. The van der Waals surface area contributed by atoms with Gasteiger partial charge in [0.15, 0.2) is 5.78 Å². The summed E-state index contributed by atoms with van der Waals surface area (Å²) in [5, 5.41) is 106. The fourth-order valence-corrected chi connectivity index (χ4v) is 18.6. The molecule has 1 spiro atoms. The first-order valence-electron chi connectivity index (χ1n) is 28.3. The maximum absolute atomic E-state index is 15.9. The summed E-state index contributed by atoms with van der Waals surface area (Å²) >= 11 is 0. The van der Waals surface area contributed by atoms with Gasteiger partial charge in [0, 0.05) is 42.0 Å². The monoisotopic (exact) mass is 976 g/mol. The van der Waals surface area contributed by atoms with Crippen LogP contribution in [0.15, 0.2) is 46.8 Å². The highest BCUT2D eigenvalue weighted by Gasteiger charge is 2.78. The Morgan fingerprint density at radius 1 is 0.929 bits per heavy atom. The molecule has 0 amide bonds. The average molecular weight is 976 g/mol. The number of hydrogen-bond donors (Lipinski definition) is 11. The second-order valence-electron chi connectivity index (χ2n) is 25.1. The van der Waals surface area contributed by atoms with E-state index < -0.39 is 82.1 Å². The van der Waals surface area contributed by atoms with Crippen LogP contribution in [0.25, 0.3) is 0 Å². The maximum atomic E-state index is 15.9. The molecule has 70 heavy (non-hydrogen) atoms. The number of hydrogen-bond acceptors (Lipinski definition) is 13. The van der Waals surface area contributed by atoms with Gasteiger partial charge in [0.2, 0.25) is 0 Å². The van der Waals surface area contributed by atoms with Gasteiger partial charge in [-0.05, 0) is 175 Å². The van der Waals surface area contributed by atoms with Crippen LogP contribution in [0.5, 0.6) is 0 Å². The van der Waals surface area contributed by atoms with Gasteiger partial charge in [-0.3, -0.25) is 4.79 Å². The van der Waals surface area contributed by atoms with E-state index in [0.29, 0.717) is 62.1 Å². The van der Waals surface area contributed by atoms with Crippen LogP contribution in [0, 0.1) is 64.1 Å². The van der Waals surface area contributed by atoms with Crippen LogP contribution in [-0.2, 0) is 9.53 Å². The molecule has 0 aromatic rings. The van der Waals surface area contributed by atoms with Gasteiger partial charge >= 0.3 is 0 Å². The highest BCUT2D eigenvalue weighted by molar-refractivity contribution is 6.00. The number of aliphatic hydroxyl groups excluding tert-OH is 5. The van der Waals surface area contributed by atoms with Crippen LogP contribution in [0.1, 0.15) is 162 Å². The van der Waals surface area contributed by atoms with Crippen molar-refractivity contribution in [1.82, 2.24) is 10.6 Å². The van der Waals surface area contributed by atoms with E-state index in [9.17, 15) is 40.9 Å². The summed E-state index contributed by atoms with van der Waals surface area (Å²) in [5.41, 5.74) is 2.23. The Morgan fingerprint density at radius 2 is 1.70 bits per heavy atom. The zero-order chi connectivity index (χ0) is 49.5. The molecule has 7 fully saturated rings. The number of fused-ring (bicyclic) bond motifs is 5. The number of aliphatic hydroxyl groups is 8. The largest absolute Gasteiger partial charge is 0.396 e. The van der Waals surface area contributed by atoms with E-state index in [2.05, 4.69) is 35.8 Å². The molecule has 13 heteroatoms. The van der Waals surface area contributed by atoms with Crippen molar-refractivity contribution in [3.63, 3.8) is 0 Å². The molecule has 10 rings (SSSR count). The maximum Gasteiger partial charge on any atom is 0.182 e. The Morgan fingerprint density at radius 3 is 2.44 bits per heavy atom. The zero-order valence-electron chi connectivity index (χ0n) is 42.5. The van der Waals surface area contributed by atoms with Crippen LogP contribution in [0.4, 0.5) is 0 Å². The molecule has 6 saturated carbocycles. The summed E-state index contributed by atoms with van der Waals surface area (Å²) < 4.78 is 7.15. The second-order valence-corrected chi connectivity index (χ2v) is 25.1. The molecule has 13 nitrogen and oxygen atoms in total. The van der Waals surface area contributed by atoms with Crippen LogP contribution < -0.4 is 16.4 Å². The Kier molecular flexibility index (Phi) is 14.3. The van der Waals surface area contributed by atoms with Crippen LogP contribution in [0.2, 0.25) is 0 Å². The van der Waals surface area contributed by atoms with Gasteiger partial charge in [0.1, 0.15) is 5.60 Å². The van der Waals surface area contributed by atoms with E-state index in [1.807, 2.05) is 13.0 Å². The number of nitrogens with one attached hydrogen (secondary N) is 2. The molecule has 0 radical (unpaired) electrons. The van der Waals surface area contributed by atoms with Crippen molar-refractivity contribution in [2.24, 2.45) is 69.8 Å². The van der Waals surface area contributed by atoms with Gasteiger partial charge < -0.3 is 62.0 Å². The Labute approximate surface area is 416 Å². The molecular weight excluding hydrogens is 887 g/mol. The average Bonchev–Trinajstić information content (AvgIpc) is 3.68. The predicted molar refractivity (Wildman–Crippen MR) is 266 cm³/mol. The number of carbonyl (C=O) groups is 1. The Bertz CT molecular complexity index is 2070. The first kappa shape index (κ1) is 51.3. The lowest BCUT2D eigenvalue weighted by Crippen LogP contribution is -2.72. The minimum Gasteiger partial charge on any atom is -0.396 e. The Hall–Kier alpha value is -2.17. The highest BCUT2D eigenvalue weighted by atomic mass is 16.5. The third-order valence-corrected chi connectivity index (χ3v) is 21.5. The van der Waals surface area contributed by atoms with E-state index in [-0.39, 0.29) is 80.3 Å². The number of carbonyl (C=O) groups excluding carboxylic acids is 1. The molecule has 0 bridgehead atoms. The van der Waals surface area contributed by atoms with Gasteiger partial charge in [0.05, 0.1) is 59.7 Å². The number of Topliss-reactive ketones (excluding diaryl/α,β-unsaturated/α-hetero) is 1. The molecule has 12 N–H and O–H groups in total. The van der Waals surface area contributed by atoms with E-state index in [1.54, 1.807) is 6.92 Å². The summed E-state index contributed by atoms with van der Waals surface area (Å²) in [7, 11) is 0. The number of allylic oxidation sites excluding steroid dienone is 6. The molecule has 20 unspecified atom stereocenters. The zero-order valence-corrected chi connectivity index (χ0v) is 42.5. The number of ether oxygens (including phenoxy) is 1. The Balaban J connectivity index is 1.15. The topological polar surface area (TPSA) is 238 Å². The van der Waals surface area contributed by atoms with E-state index in [1.165, 1.54) is 6.42 Å². The molecule has 0 aromatic carbocycles. The third-order valence-electron chi connectivity index (χ3n) is 21.5. The quantitative estimate of drug-likeness (QED) is 0.111. The number of nitrogens with two attached hydrogens (primary N) is 1. The molecule has 2 heterocycles. The van der Waals surface area contributed by atoms with Crippen molar-refractivity contribution >= 4 is 5.78 Å². The standard InChI is InChI=1S/C57H89N3O10/c1-4-10-33-15-19-38-44(21-16-33)70-52-47(38)41(63)14-8-24-57(52,69)53(3,67)45-23-25-56(68)49-48-35(29-55(45,56)36-11-6-5-7-12-36)18-17-34(37-20-22-46(58)60-40(37)13-9-26-61)28-54(48)30-43(65)42(64)27-39(54)51(66)50(49)59-31-32(2)62/h17-18,20,22,32-36,38-39,41-48,52,59-65,67-69H,4-16,19,21,23-31,58H2,1-3H3. The van der Waals surface area contributed by atoms with Crippen molar-refractivity contribution < 1.29 is 50.4 Å². The summed E-state index contributed by atoms with van der Waals surface area (Å²) in [6.45, 7) is 5.82. The fourth-order valence-electron chi connectivity index (χ4n) is 18.6. The van der Waals surface area contributed by atoms with Gasteiger partial charge in [0.25, 0.3) is 0 Å². The lowest BCUT2D eigenvalue weighted by atomic mass is 9.38. The van der Waals surface area contributed by atoms with Gasteiger partial charge in [-0.25, -0.2) is 0 Å². The van der Waals surface area contributed by atoms with E-state index >= 15 is 4.79 Å². The molecule has 8 aliphatic carbocycles. The van der Waals surface area contributed by atoms with E-state index in [4.69, 9.17) is 10.5 Å². The number of ketones is 1. The summed E-state index contributed by atoms with van der Waals surface area (Å²) in [5.74, 6) is -2.18. The van der Waals surface area contributed by atoms with Gasteiger partial charge in [-0.1, -0.05) is 63.7 Å². The minimum atomic E-state index is -1.79. The SMILES string of the molecule is CCCC1CCC2OC3C(C(O)CCCC3(O)C(C)(O)C3CCC4(O)C5=C(NCC(C)O)C(=O)C6CC(O)C(O)CC67CC(C6=C(CCCO)NC(N)C=C6)C=CC(CC34C3CCCCC3)C57)C2CC1. The highest BCUT2D eigenvalue weighted by Crippen LogP contribution is 2.76. The first-order valence-corrected chi connectivity index (χ1v) is 28.3. The summed E-state index contributed by atoms with van der Waals surface area (Å²) in [4.78, 5) is 15.9. The third kappa shape index (κ3) is 8.01. The van der Waals surface area contributed by atoms with Gasteiger partial charge in [-0.15, -0.1) is 0 Å². The van der Waals surface area contributed by atoms with Crippen molar-refractivity contribution in [1.29, 1.82) is 0 Å². The molecule has 1 saturated heterocycles. The van der Waals surface area contributed by atoms with E-state index in [0.717, 1.165) is 75.5 Å². The summed E-state index contributed by atoms with van der Waals surface area (Å²) in [6.07, 6.45) is 18.7.